The summed E-state index contributed by atoms with van der Waals surface area (Å²) < 4.78 is 7.68. The Morgan fingerprint density at radius 1 is 0.897 bits per heavy atom. The van der Waals surface area contributed by atoms with E-state index >= 15 is 0 Å². The Balaban J connectivity index is 1.62. The predicted molar refractivity (Wildman–Crippen MR) is 115 cm³/mol. The number of hydrogen-bond donors (Lipinski definition) is 0. The van der Waals surface area contributed by atoms with Gasteiger partial charge in [-0.3, -0.25) is 0 Å². The van der Waals surface area contributed by atoms with Gasteiger partial charge in [0.05, 0.1) is 16.6 Å². The van der Waals surface area contributed by atoms with Crippen LogP contribution in [0.15, 0.2) is 66.7 Å². The Labute approximate surface area is 182 Å². The lowest BCUT2D eigenvalue weighted by atomic mass is 10.1. The zero-order chi connectivity index (χ0) is 20.2. The van der Waals surface area contributed by atoms with Crippen LogP contribution in [0, 0.1) is 0 Å². The monoisotopic (exact) mass is 444 g/mol. The molecule has 0 aliphatic carbocycles. The van der Waals surface area contributed by atoms with E-state index in [1.807, 2.05) is 48.5 Å². The fraction of sp³-hybridized carbons (Fsp3) is 0.0952. The maximum absolute atomic E-state index is 6.35. The first-order chi connectivity index (χ1) is 14.1. The van der Waals surface area contributed by atoms with Gasteiger partial charge in [-0.1, -0.05) is 77.3 Å². The molecule has 0 bridgehead atoms. The normalized spacial score (nSPS) is 10.9. The van der Waals surface area contributed by atoms with E-state index in [-0.39, 0.29) is 0 Å². The Morgan fingerprint density at radius 2 is 1.72 bits per heavy atom. The zero-order valence-electron chi connectivity index (χ0n) is 15.1. The van der Waals surface area contributed by atoms with Crippen molar-refractivity contribution in [1.82, 2.24) is 20.2 Å². The van der Waals surface area contributed by atoms with Crippen LogP contribution in [0.2, 0.25) is 15.1 Å². The molecule has 0 saturated heterocycles. The summed E-state index contributed by atoms with van der Waals surface area (Å²) >= 11 is 18.7. The summed E-state index contributed by atoms with van der Waals surface area (Å²) in [6.07, 6.45) is 0. The van der Waals surface area contributed by atoms with Gasteiger partial charge in [-0.2, -0.15) is 0 Å². The van der Waals surface area contributed by atoms with Gasteiger partial charge in [-0.15, -0.1) is 5.10 Å². The fourth-order valence-electron chi connectivity index (χ4n) is 2.87. The van der Waals surface area contributed by atoms with Crippen LogP contribution in [0.1, 0.15) is 11.1 Å². The summed E-state index contributed by atoms with van der Waals surface area (Å²) in [4.78, 5) is 0. The lowest BCUT2D eigenvalue weighted by Crippen LogP contribution is -2.07. The quantitative estimate of drug-likeness (QED) is 0.369. The molecule has 5 nitrogen and oxygen atoms in total. The highest BCUT2D eigenvalue weighted by molar-refractivity contribution is 6.43. The molecular formula is C21H15Cl3N4O. The summed E-state index contributed by atoms with van der Waals surface area (Å²) in [5.74, 6) is 1.18. The molecule has 8 heteroatoms. The van der Waals surface area contributed by atoms with Crippen molar-refractivity contribution in [2.45, 2.75) is 13.2 Å². The highest BCUT2D eigenvalue weighted by Gasteiger charge is 2.16. The van der Waals surface area contributed by atoms with Crippen LogP contribution in [0.5, 0.6) is 5.75 Å². The number of nitrogens with zero attached hydrogens (tertiary/aromatic N) is 4. The van der Waals surface area contributed by atoms with E-state index in [0.29, 0.717) is 45.4 Å². The Hall–Kier alpha value is -2.60. The van der Waals surface area contributed by atoms with Gasteiger partial charge >= 0.3 is 0 Å². The standard InChI is InChI=1S/C21H15Cl3N4O/c22-16-10-9-15(19(11-16)29-13-14-5-2-1-3-6-14)12-28-21(25-26-27-28)17-7-4-8-18(23)20(17)24/h1-11H,12-13H2. The van der Waals surface area contributed by atoms with Crippen LogP contribution in [0.4, 0.5) is 0 Å². The average Bonchev–Trinajstić information content (AvgIpc) is 3.19. The van der Waals surface area contributed by atoms with E-state index in [9.17, 15) is 0 Å². The molecule has 1 aromatic heterocycles. The van der Waals surface area contributed by atoms with Crippen molar-refractivity contribution in [3.05, 3.63) is 92.9 Å². The first-order valence-electron chi connectivity index (χ1n) is 8.77. The summed E-state index contributed by atoms with van der Waals surface area (Å²) in [5, 5.41) is 13.5. The third-order valence-electron chi connectivity index (χ3n) is 4.31. The first-order valence-corrected chi connectivity index (χ1v) is 9.91. The van der Waals surface area contributed by atoms with Gasteiger partial charge < -0.3 is 4.74 Å². The van der Waals surface area contributed by atoms with E-state index in [0.717, 1.165) is 11.1 Å². The van der Waals surface area contributed by atoms with Crippen LogP contribution < -0.4 is 4.74 Å². The smallest absolute Gasteiger partial charge is 0.183 e. The van der Waals surface area contributed by atoms with Crippen molar-refractivity contribution in [3.8, 4) is 17.1 Å². The molecule has 0 amide bonds. The van der Waals surface area contributed by atoms with E-state index < -0.39 is 0 Å². The topological polar surface area (TPSA) is 52.8 Å². The number of rotatable bonds is 6. The number of hydrogen-bond acceptors (Lipinski definition) is 4. The average molecular weight is 446 g/mol. The summed E-state index contributed by atoms with van der Waals surface area (Å²) in [7, 11) is 0. The molecule has 0 saturated carbocycles. The first kappa shape index (κ1) is 19.7. The van der Waals surface area contributed by atoms with Crippen LogP contribution >= 0.6 is 34.8 Å². The predicted octanol–water partition coefficient (Wildman–Crippen LogP) is 5.93. The number of ether oxygens (including phenoxy) is 1. The van der Waals surface area contributed by atoms with Gasteiger partial charge in [-0.05, 0) is 40.3 Å². The minimum absolute atomic E-state index is 0.381. The van der Waals surface area contributed by atoms with Gasteiger partial charge in [-0.25, -0.2) is 4.68 Å². The SMILES string of the molecule is Clc1ccc(Cn2nnnc2-c2cccc(Cl)c2Cl)c(OCc2ccccc2)c1. The molecule has 0 spiro atoms. The maximum atomic E-state index is 6.35. The summed E-state index contributed by atoms with van der Waals surface area (Å²) in [6.45, 7) is 0.809. The largest absolute Gasteiger partial charge is 0.488 e. The second kappa shape index (κ2) is 8.82. The molecular weight excluding hydrogens is 431 g/mol. The van der Waals surface area contributed by atoms with Gasteiger partial charge in [0.1, 0.15) is 12.4 Å². The molecule has 0 aliphatic heterocycles. The van der Waals surface area contributed by atoms with Crippen LogP contribution in [0.3, 0.4) is 0 Å². The van der Waals surface area contributed by atoms with Crippen molar-refractivity contribution in [1.29, 1.82) is 0 Å². The zero-order valence-corrected chi connectivity index (χ0v) is 17.4. The minimum atomic E-state index is 0.381. The highest BCUT2D eigenvalue weighted by Crippen LogP contribution is 2.33. The van der Waals surface area contributed by atoms with Crippen molar-refractivity contribution in [3.63, 3.8) is 0 Å². The molecule has 29 heavy (non-hydrogen) atoms. The minimum Gasteiger partial charge on any atom is -0.488 e. The Kier molecular flexibility index (Phi) is 6.00. The molecule has 3 aromatic carbocycles. The molecule has 0 fully saturated rings. The lowest BCUT2D eigenvalue weighted by molar-refractivity contribution is 0.302. The van der Waals surface area contributed by atoms with E-state index in [4.69, 9.17) is 39.5 Å². The molecule has 0 radical (unpaired) electrons. The van der Waals surface area contributed by atoms with Crippen LogP contribution in [-0.2, 0) is 13.2 Å². The maximum Gasteiger partial charge on any atom is 0.183 e. The van der Waals surface area contributed by atoms with Crippen molar-refractivity contribution in [2.24, 2.45) is 0 Å². The number of halogens is 3. The highest BCUT2D eigenvalue weighted by atomic mass is 35.5. The molecule has 4 rings (SSSR count). The molecule has 0 unspecified atom stereocenters. The van der Waals surface area contributed by atoms with Gasteiger partial charge in [0.2, 0.25) is 0 Å². The van der Waals surface area contributed by atoms with Gasteiger partial charge in [0.25, 0.3) is 0 Å². The third-order valence-corrected chi connectivity index (χ3v) is 5.36. The second-order valence-electron chi connectivity index (χ2n) is 6.29. The van der Waals surface area contributed by atoms with Crippen molar-refractivity contribution >= 4 is 34.8 Å². The van der Waals surface area contributed by atoms with E-state index in [1.54, 1.807) is 22.9 Å². The van der Waals surface area contributed by atoms with Crippen molar-refractivity contribution in [2.75, 3.05) is 0 Å². The van der Waals surface area contributed by atoms with E-state index in [1.165, 1.54) is 0 Å². The number of tetrazole rings is 1. The van der Waals surface area contributed by atoms with Gasteiger partial charge in [0.15, 0.2) is 5.82 Å². The van der Waals surface area contributed by atoms with Crippen LogP contribution in [-0.4, -0.2) is 20.2 Å². The Bertz CT molecular complexity index is 1130. The van der Waals surface area contributed by atoms with Crippen LogP contribution in [0.25, 0.3) is 11.4 Å². The molecule has 146 valence electrons. The number of aromatic nitrogens is 4. The van der Waals surface area contributed by atoms with E-state index in [2.05, 4.69) is 15.5 Å². The molecule has 4 aromatic rings. The van der Waals surface area contributed by atoms with Crippen molar-refractivity contribution < 1.29 is 4.74 Å². The second-order valence-corrected chi connectivity index (χ2v) is 7.51. The van der Waals surface area contributed by atoms with Gasteiger partial charge in [0, 0.05) is 16.1 Å². The Morgan fingerprint density at radius 3 is 2.55 bits per heavy atom. The molecule has 0 N–H and O–H groups in total. The molecule has 0 aliphatic rings. The summed E-state index contributed by atoms with van der Waals surface area (Å²) in [6, 6.07) is 20.8. The summed E-state index contributed by atoms with van der Waals surface area (Å²) in [5.41, 5.74) is 2.61. The molecule has 0 atom stereocenters. The molecule has 1 heterocycles. The lowest BCUT2D eigenvalue weighted by Gasteiger charge is -2.13. The third kappa shape index (κ3) is 4.53. The number of benzene rings is 3. The fourth-order valence-corrected chi connectivity index (χ4v) is 3.42.